The van der Waals surface area contributed by atoms with Crippen LogP contribution in [0.5, 0.6) is 0 Å². The van der Waals surface area contributed by atoms with Gasteiger partial charge in [0, 0.05) is 20.4 Å². The summed E-state index contributed by atoms with van der Waals surface area (Å²) in [6, 6.07) is 3.28. The third kappa shape index (κ3) is 4.27. The van der Waals surface area contributed by atoms with Crippen molar-refractivity contribution in [3.63, 3.8) is 0 Å². The highest BCUT2D eigenvalue weighted by Crippen LogP contribution is 2.22. The van der Waals surface area contributed by atoms with Gasteiger partial charge in [-0.1, -0.05) is 25.2 Å². The predicted octanol–water partition coefficient (Wildman–Crippen LogP) is 4.48. The molecule has 2 heterocycles. The van der Waals surface area contributed by atoms with Crippen LogP contribution in [-0.4, -0.2) is 29.2 Å². The van der Waals surface area contributed by atoms with Crippen molar-refractivity contribution < 1.29 is 4.74 Å². The van der Waals surface area contributed by atoms with Gasteiger partial charge in [-0.05, 0) is 39.0 Å². The zero-order valence-corrected chi connectivity index (χ0v) is 15.6. The van der Waals surface area contributed by atoms with Crippen LogP contribution in [0.4, 0.5) is 0 Å². The molecule has 0 unspecified atom stereocenters. The molecular formula is C17H27N3OSi. The van der Waals surface area contributed by atoms with Crippen molar-refractivity contribution in [2.45, 2.75) is 53.2 Å². The second kappa shape index (κ2) is 6.75. The number of rotatable bonds is 6. The molecule has 0 saturated carbocycles. The molecule has 22 heavy (non-hydrogen) atoms. The number of allylic oxidation sites excluding steroid dienone is 1. The van der Waals surface area contributed by atoms with E-state index in [2.05, 4.69) is 67.1 Å². The molecule has 0 atom stereocenters. The van der Waals surface area contributed by atoms with E-state index >= 15 is 0 Å². The Bertz CT molecular complexity index is 679. The Balaban J connectivity index is 2.25. The highest BCUT2D eigenvalue weighted by molar-refractivity contribution is 6.76. The summed E-state index contributed by atoms with van der Waals surface area (Å²) in [7, 11) is -1.05. The van der Waals surface area contributed by atoms with Crippen molar-refractivity contribution >= 4 is 25.2 Å². The van der Waals surface area contributed by atoms with Crippen LogP contribution in [0.3, 0.4) is 0 Å². The molecule has 2 rings (SSSR count). The maximum Gasteiger partial charge on any atom is 0.123 e. The molecule has 0 saturated heterocycles. The standard InChI is InChI=1S/C17H27N3OSi/c1-13(2)9-15-17-16(19-11-18-15)10-14(3)20(17)12-21-7-8-22(4,5)6/h9-11H,7-8,12H2,1-6H3. The van der Waals surface area contributed by atoms with E-state index in [1.165, 1.54) is 11.6 Å². The highest BCUT2D eigenvalue weighted by Gasteiger charge is 2.14. The molecule has 0 radical (unpaired) electrons. The number of fused-ring (bicyclic) bond motifs is 1. The van der Waals surface area contributed by atoms with Crippen molar-refractivity contribution in [3.8, 4) is 0 Å². The van der Waals surface area contributed by atoms with Crippen LogP contribution in [0.25, 0.3) is 17.1 Å². The molecule has 120 valence electrons. The van der Waals surface area contributed by atoms with E-state index in [1.54, 1.807) is 6.33 Å². The summed E-state index contributed by atoms with van der Waals surface area (Å²) >= 11 is 0. The Hall–Kier alpha value is -1.46. The van der Waals surface area contributed by atoms with Crippen LogP contribution in [-0.2, 0) is 11.5 Å². The average Bonchev–Trinajstić information content (AvgIpc) is 2.70. The Morgan fingerprint density at radius 2 is 2.00 bits per heavy atom. The van der Waals surface area contributed by atoms with Gasteiger partial charge in [0.05, 0.1) is 16.7 Å². The second-order valence-electron chi connectivity index (χ2n) is 7.28. The van der Waals surface area contributed by atoms with Gasteiger partial charge >= 0.3 is 0 Å². The lowest BCUT2D eigenvalue weighted by Gasteiger charge is -2.16. The average molecular weight is 318 g/mol. The molecule has 0 amide bonds. The maximum absolute atomic E-state index is 5.92. The zero-order chi connectivity index (χ0) is 16.3. The minimum absolute atomic E-state index is 0.566. The fraction of sp³-hybridized carbons (Fsp3) is 0.529. The van der Waals surface area contributed by atoms with Gasteiger partial charge in [0.1, 0.15) is 13.1 Å². The number of aromatic nitrogens is 3. The first-order valence-corrected chi connectivity index (χ1v) is 11.5. The number of aryl methyl sites for hydroxylation is 1. The Labute approximate surface area is 134 Å². The molecular weight excluding hydrogens is 290 g/mol. The Kier molecular flexibility index (Phi) is 5.18. The molecule has 2 aromatic heterocycles. The van der Waals surface area contributed by atoms with Gasteiger partial charge in [-0.2, -0.15) is 0 Å². The Morgan fingerprint density at radius 1 is 1.27 bits per heavy atom. The summed E-state index contributed by atoms with van der Waals surface area (Å²) in [5, 5.41) is 0. The first kappa shape index (κ1) is 16.9. The van der Waals surface area contributed by atoms with E-state index in [0.717, 1.165) is 29.0 Å². The summed E-state index contributed by atoms with van der Waals surface area (Å²) in [5.74, 6) is 0. The fourth-order valence-corrected chi connectivity index (χ4v) is 3.08. The van der Waals surface area contributed by atoms with E-state index in [9.17, 15) is 0 Å². The van der Waals surface area contributed by atoms with E-state index in [4.69, 9.17) is 4.74 Å². The van der Waals surface area contributed by atoms with Gasteiger partial charge in [-0.25, -0.2) is 9.97 Å². The number of hydrogen-bond donors (Lipinski definition) is 0. The molecule has 0 aliphatic carbocycles. The molecule has 5 heteroatoms. The van der Waals surface area contributed by atoms with Gasteiger partial charge in [-0.15, -0.1) is 0 Å². The van der Waals surface area contributed by atoms with Crippen molar-refractivity contribution in [3.05, 3.63) is 29.4 Å². The fourth-order valence-electron chi connectivity index (χ4n) is 2.32. The number of hydrogen-bond acceptors (Lipinski definition) is 3. The van der Waals surface area contributed by atoms with E-state index in [0.29, 0.717) is 6.73 Å². The lowest BCUT2D eigenvalue weighted by Crippen LogP contribution is -2.22. The minimum atomic E-state index is -1.05. The molecule has 0 aliphatic heterocycles. The SMILES string of the molecule is CC(C)=Cc1ncnc2cc(C)n(COCC[Si](C)(C)C)c12. The first-order valence-electron chi connectivity index (χ1n) is 7.81. The monoisotopic (exact) mass is 317 g/mol. The van der Waals surface area contributed by atoms with Crippen molar-refractivity contribution in [1.29, 1.82) is 0 Å². The molecule has 2 aromatic rings. The minimum Gasteiger partial charge on any atom is -0.361 e. The molecule has 0 aliphatic rings. The van der Waals surface area contributed by atoms with Gasteiger partial charge in [-0.3, -0.25) is 0 Å². The Morgan fingerprint density at radius 3 is 2.64 bits per heavy atom. The van der Waals surface area contributed by atoms with Crippen LogP contribution < -0.4 is 0 Å². The maximum atomic E-state index is 5.92. The van der Waals surface area contributed by atoms with Gasteiger partial charge < -0.3 is 9.30 Å². The van der Waals surface area contributed by atoms with Gasteiger partial charge in [0.2, 0.25) is 0 Å². The summed E-state index contributed by atoms with van der Waals surface area (Å²) in [4.78, 5) is 8.82. The number of ether oxygens (including phenoxy) is 1. The lowest BCUT2D eigenvalue weighted by molar-refractivity contribution is 0.0889. The molecule has 4 nitrogen and oxygen atoms in total. The first-order chi connectivity index (χ1) is 10.3. The van der Waals surface area contributed by atoms with Crippen LogP contribution in [0.2, 0.25) is 25.7 Å². The smallest absolute Gasteiger partial charge is 0.123 e. The van der Waals surface area contributed by atoms with Crippen LogP contribution >= 0.6 is 0 Å². The molecule has 0 bridgehead atoms. The summed E-state index contributed by atoms with van der Waals surface area (Å²) < 4.78 is 8.10. The van der Waals surface area contributed by atoms with E-state index in [-0.39, 0.29) is 0 Å². The normalized spacial score (nSPS) is 11.9. The largest absolute Gasteiger partial charge is 0.361 e. The molecule has 0 N–H and O–H groups in total. The molecule has 0 aromatic carbocycles. The zero-order valence-electron chi connectivity index (χ0n) is 14.6. The topological polar surface area (TPSA) is 39.9 Å². The van der Waals surface area contributed by atoms with E-state index in [1.807, 2.05) is 0 Å². The van der Waals surface area contributed by atoms with Crippen LogP contribution in [0.15, 0.2) is 18.0 Å². The summed E-state index contributed by atoms with van der Waals surface area (Å²) in [5.41, 5.74) is 5.40. The van der Waals surface area contributed by atoms with Crippen LogP contribution in [0.1, 0.15) is 25.2 Å². The summed E-state index contributed by atoms with van der Waals surface area (Å²) in [6.45, 7) is 14.7. The predicted molar refractivity (Wildman–Crippen MR) is 95.7 cm³/mol. The number of nitrogens with zero attached hydrogens (tertiary/aromatic N) is 3. The lowest BCUT2D eigenvalue weighted by atomic mass is 10.2. The van der Waals surface area contributed by atoms with Crippen molar-refractivity contribution in [2.75, 3.05) is 6.61 Å². The molecule has 0 fully saturated rings. The van der Waals surface area contributed by atoms with Crippen molar-refractivity contribution in [2.24, 2.45) is 0 Å². The third-order valence-corrected chi connectivity index (χ3v) is 5.27. The molecule has 0 spiro atoms. The van der Waals surface area contributed by atoms with Crippen LogP contribution in [0, 0.1) is 6.92 Å². The van der Waals surface area contributed by atoms with Gasteiger partial charge in [0.15, 0.2) is 0 Å². The third-order valence-electron chi connectivity index (χ3n) is 3.56. The van der Waals surface area contributed by atoms with E-state index < -0.39 is 8.07 Å². The van der Waals surface area contributed by atoms with Crippen molar-refractivity contribution in [1.82, 2.24) is 14.5 Å². The second-order valence-corrected chi connectivity index (χ2v) is 12.9. The highest BCUT2D eigenvalue weighted by atomic mass is 28.3. The van der Waals surface area contributed by atoms with Gasteiger partial charge in [0.25, 0.3) is 0 Å². The quantitative estimate of drug-likeness (QED) is 0.583. The summed E-state index contributed by atoms with van der Waals surface area (Å²) in [6.07, 6.45) is 3.73.